The predicted octanol–water partition coefficient (Wildman–Crippen LogP) is 3.61. The Morgan fingerprint density at radius 2 is 1.76 bits per heavy atom. The van der Waals surface area contributed by atoms with E-state index in [-0.39, 0.29) is 0 Å². The van der Waals surface area contributed by atoms with Crippen LogP contribution in [0.15, 0.2) is 30.6 Å². The van der Waals surface area contributed by atoms with Crippen molar-refractivity contribution in [2.24, 2.45) is 0 Å². The van der Waals surface area contributed by atoms with Crippen LogP contribution < -0.4 is 15.4 Å². The summed E-state index contributed by atoms with van der Waals surface area (Å²) in [6.07, 6.45) is 3.54. The molecule has 0 spiro atoms. The Balaban J connectivity index is 2.22. The molecule has 0 atom stereocenters. The van der Waals surface area contributed by atoms with Crippen LogP contribution in [-0.4, -0.2) is 23.6 Å². The number of nitrogens with one attached hydrogen (secondary N) is 2. The highest BCUT2D eigenvalue weighted by Crippen LogP contribution is 2.25. The van der Waals surface area contributed by atoms with E-state index in [4.69, 9.17) is 4.74 Å². The van der Waals surface area contributed by atoms with Crippen LogP contribution in [-0.2, 0) is 6.42 Å². The van der Waals surface area contributed by atoms with Crippen molar-refractivity contribution < 1.29 is 4.74 Å². The van der Waals surface area contributed by atoms with Crippen molar-refractivity contribution in [3.63, 3.8) is 0 Å². The largest absolute Gasteiger partial charge is 0.494 e. The fraction of sp³-hybridized carbons (Fsp3) is 0.375. The summed E-state index contributed by atoms with van der Waals surface area (Å²) in [6, 6.07) is 7.88. The standard InChI is InChI=1S/C16H22N4O/c1-4-6-14-15(17-3)18-11-19-16(14)20-12-7-9-13(10-8-12)21-5-2/h7-11H,4-6H2,1-3H3,(H2,17,18,19,20). The molecule has 0 aliphatic carbocycles. The maximum atomic E-state index is 5.45. The molecule has 112 valence electrons. The first-order chi connectivity index (χ1) is 10.3. The van der Waals surface area contributed by atoms with E-state index in [2.05, 4.69) is 27.5 Å². The molecule has 1 heterocycles. The minimum absolute atomic E-state index is 0.671. The second kappa shape index (κ2) is 7.47. The number of benzene rings is 1. The van der Waals surface area contributed by atoms with Gasteiger partial charge < -0.3 is 15.4 Å². The third kappa shape index (κ3) is 3.84. The average molecular weight is 286 g/mol. The number of nitrogens with zero attached hydrogens (tertiary/aromatic N) is 2. The number of anilines is 3. The molecule has 2 aromatic rings. The van der Waals surface area contributed by atoms with Crippen LogP contribution in [0, 0.1) is 0 Å². The van der Waals surface area contributed by atoms with Crippen LogP contribution in [0.25, 0.3) is 0 Å². The quantitative estimate of drug-likeness (QED) is 0.814. The molecule has 0 saturated heterocycles. The zero-order chi connectivity index (χ0) is 15.1. The van der Waals surface area contributed by atoms with Gasteiger partial charge in [-0.25, -0.2) is 9.97 Å². The normalized spacial score (nSPS) is 10.2. The van der Waals surface area contributed by atoms with Crippen molar-refractivity contribution in [1.82, 2.24) is 9.97 Å². The van der Waals surface area contributed by atoms with E-state index in [1.54, 1.807) is 6.33 Å². The van der Waals surface area contributed by atoms with Gasteiger partial charge in [0.15, 0.2) is 0 Å². The summed E-state index contributed by atoms with van der Waals surface area (Å²) in [5.74, 6) is 2.59. The van der Waals surface area contributed by atoms with Gasteiger partial charge in [0.25, 0.3) is 0 Å². The van der Waals surface area contributed by atoms with Gasteiger partial charge in [0.1, 0.15) is 23.7 Å². The lowest BCUT2D eigenvalue weighted by Crippen LogP contribution is -2.05. The lowest BCUT2D eigenvalue weighted by Gasteiger charge is -2.14. The summed E-state index contributed by atoms with van der Waals surface area (Å²) in [7, 11) is 1.88. The van der Waals surface area contributed by atoms with Crippen molar-refractivity contribution >= 4 is 17.3 Å². The highest BCUT2D eigenvalue weighted by Gasteiger charge is 2.10. The van der Waals surface area contributed by atoms with Gasteiger partial charge in [-0.15, -0.1) is 0 Å². The number of hydrogen-bond donors (Lipinski definition) is 2. The van der Waals surface area contributed by atoms with Crippen LogP contribution in [0.1, 0.15) is 25.8 Å². The van der Waals surface area contributed by atoms with Crippen molar-refractivity contribution in [3.05, 3.63) is 36.2 Å². The topological polar surface area (TPSA) is 59.1 Å². The summed E-state index contributed by atoms with van der Waals surface area (Å²) < 4.78 is 5.45. The number of aromatic nitrogens is 2. The Labute approximate surface area is 125 Å². The Bertz CT molecular complexity index is 569. The molecule has 1 aromatic carbocycles. The van der Waals surface area contributed by atoms with Crippen LogP contribution >= 0.6 is 0 Å². The molecule has 2 rings (SSSR count). The maximum absolute atomic E-state index is 5.45. The van der Waals surface area contributed by atoms with Crippen molar-refractivity contribution in [2.75, 3.05) is 24.3 Å². The van der Waals surface area contributed by atoms with E-state index in [0.29, 0.717) is 6.61 Å². The summed E-state index contributed by atoms with van der Waals surface area (Å²) in [5, 5.41) is 6.48. The molecule has 0 bridgehead atoms. The van der Waals surface area contributed by atoms with Crippen LogP contribution in [0.2, 0.25) is 0 Å². The Hall–Kier alpha value is -2.30. The smallest absolute Gasteiger partial charge is 0.139 e. The van der Waals surface area contributed by atoms with E-state index < -0.39 is 0 Å². The number of ether oxygens (including phenoxy) is 1. The van der Waals surface area contributed by atoms with Gasteiger partial charge in [-0.05, 0) is 37.6 Å². The van der Waals surface area contributed by atoms with Crippen LogP contribution in [0.3, 0.4) is 0 Å². The number of hydrogen-bond acceptors (Lipinski definition) is 5. The first-order valence-corrected chi connectivity index (χ1v) is 7.30. The third-order valence-corrected chi connectivity index (χ3v) is 3.11. The van der Waals surface area contributed by atoms with E-state index in [0.717, 1.165) is 41.5 Å². The second-order valence-corrected chi connectivity index (χ2v) is 4.63. The van der Waals surface area contributed by atoms with Gasteiger partial charge in [0, 0.05) is 18.3 Å². The molecular weight excluding hydrogens is 264 g/mol. The summed E-state index contributed by atoms with van der Waals surface area (Å²) in [5.41, 5.74) is 2.09. The van der Waals surface area contributed by atoms with Crippen molar-refractivity contribution in [2.45, 2.75) is 26.7 Å². The Morgan fingerprint density at radius 3 is 2.38 bits per heavy atom. The molecule has 5 heteroatoms. The molecule has 21 heavy (non-hydrogen) atoms. The third-order valence-electron chi connectivity index (χ3n) is 3.11. The Morgan fingerprint density at radius 1 is 1.05 bits per heavy atom. The first kappa shape index (κ1) is 15.1. The zero-order valence-corrected chi connectivity index (χ0v) is 12.8. The Kier molecular flexibility index (Phi) is 5.37. The minimum Gasteiger partial charge on any atom is -0.494 e. The molecule has 2 N–H and O–H groups in total. The maximum Gasteiger partial charge on any atom is 0.139 e. The molecule has 0 radical (unpaired) electrons. The van der Waals surface area contributed by atoms with Crippen molar-refractivity contribution in [3.8, 4) is 5.75 Å². The monoisotopic (exact) mass is 286 g/mol. The molecular formula is C16H22N4O. The van der Waals surface area contributed by atoms with Gasteiger partial charge in [-0.2, -0.15) is 0 Å². The highest BCUT2D eigenvalue weighted by atomic mass is 16.5. The molecule has 0 unspecified atom stereocenters. The summed E-state index contributed by atoms with van der Waals surface area (Å²) in [4.78, 5) is 8.64. The lowest BCUT2D eigenvalue weighted by molar-refractivity contribution is 0.340. The van der Waals surface area contributed by atoms with E-state index >= 15 is 0 Å². The fourth-order valence-electron chi connectivity index (χ4n) is 2.16. The van der Waals surface area contributed by atoms with Gasteiger partial charge in [0.05, 0.1) is 6.61 Å². The fourth-order valence-corrected chi connectivity index (χ4v) is 2.16. The predicted molar refractivity (Wildman–Crippen MR) is 86.5 cm³/mol. The number of rotatable bonds is 7. The summed E-state index contributed by atoms with van der Waals surface area (Å²) >= 11 is 0. The second-order valence-electron chi connectivity index (χ2n) is 4.63. The van der Waals surface area contributed by atoms with Crippen LogP contribution in [0.4, 0.5) is 17.3 Å². The summed E-state index contributed by atoms with van der Waals surface area (Å²) in [6.45, 7) is 4.79. The average Bonchev–Trinajstić information content (AvgIpc) is 2.51. The first-order valence-electron chi connectivity index (χ1n) is 7.30. The van der Waals surface area contributed by atoms with Crippen molar-refractivity contribution in [1.29, 1.82) is 0 Å². The molecule has 0 aliphatic rings. The highest BCUT2D eigenvalue weighted by molar-refractivity contribution is 5.65. The SMILES string of the molecule is CCCc1c(NC)ncnc1Nc1ccc(OCC)cc1. The molecule has 5 nitrogen and oxygen atoms in total. The van der Waals surface area contributed by atoms with Gasteiger partial charge >= 0.3 is 0 Å². The van der Waals surface area contributed by atoms with Gasteiger partial charge in [-0.3, -0.25) is 0 Å². The van der Waals surface area contributed by atoms with Gasteiger partial charge in [0.2, 0.25) is 0 Å². The molecule has 0 aliphatic heterocycles. The molecule has 0 saturated carbocycles. The zero-order valence-electron chi connectivity index (χ0n) is 12.8. The van der Waals surface area contributed by atoms with E-state index in [1.165, 1.54) is 0 Å². The molecule has 1 aromatic heterocycles. The minimum atomic E-state index is 0.671. The van der Waals surface area contributed by atoms with Crippen LogP contribution in [0.5, 0.6) is 5.75 Å². The molecule has 0 fully saturated rings. The molecule has 0 amide bonds. The van der Waals surface area contributed by atoms with Gasteiger partial charge in [-0.1, -0.05) is 13.3 Å². The lowest BCUT2D eigenvalue weighted by atomic mass is 10.1. The van der Waals surface area contributed by atoms with E-state index in [9.17, 15) is 0 Å². The van der Waals surface area contributed by atoms with E-state index in [1.807, 2.05) is 38.2 Å².